The summed E-state index contributed by atoms with van der Waals surface area (Å²) in [6, 6.07) is 11.5. The number of carbonyl (C=O) groups excluding carboxylic acids is 2. The molecule has 0 aliphatic carbocycles. The van der Waals surface area contributed by atoms with Crippen LogP contribution in [-0.2, 0) is 0 Å². The van der Waals surface area contributed by atoms with Gasteiger partial charge in [-0.1, -0.05) is 37.6 Å². The van der Waals surface area contributed by atoms with Crippen LogP contribution in [0.5, 0.6) is 5.75 Å². The van der Waals surface area contributed by atoms with Gasteiger partial charge in [-0.25, -0.2) is 0 Å². The van der Waals surface area contributed by atoms with Gasteiger partial charge in [0.05, 0.1) is 21.7 Å². The van der Waals surface area contributed by atoms with E-state index in [-0.39, 0.29) is 10.7 Å². The monoisotopic (exact) mass is 483 g/mol. The Kier molecular flexibility index (Phi) is 8.22. The van der Waals surface area contributed by atoms with Crippen molar-refractivity contribution >= 4 is 56.7 Å². The minimum Gasteiger partial charge on any atom is -0.492 e. The first-order chi connectivity index (χ1) is 13.3. The Hall–Kier alpha value is -2.16. The average Bonchev–Trinajstić information content (AvgIpc) is 2.65. The highest BCUT2D eigenvalue weighted by atomic mass is 79.9. The predicted molar refractivity (Wildman–Crippen MR) is 117 cm³/mol. The van der Waals surface area contributed by atoms with Crippen LogP contribution >= 0.6 is 39.7 Å². The molecular formula is C19H19BrClN3O3S. The molecule has 2 rings (SSSR count). The van der Waals surface area contributed by atoms with Crippen LogP contribution in [0.2, 0.25) is 5.02 Å². The van der Waals surface area contributed by atoms with Crippen LogP contribution in [0.15, 0.2) is 46.9 Å². The fourth-order valence-electron chi connectivity index (χ4n) is 2.05. The molecule has 0 aliphatic rings. The molecule has 2 aromatic rings. The summed E-state index contributed by atoms with van der Waals surface area (Å²) in [5.74, 6) is 0.134. The minimum absolute atomic E-state index is 0.0540. The van der Waals surface area contributed by atoms with Crippen molar-refractivity contribution in [3.05, 3.63) is 63.1 Å². The van der Waals surface area contributed by atoms with Crippen LogP contribution in [0.3, 0.4) is 0 Å². The van der Waals surface area contributed by atoms with Crippen molar-refractivity contribution in [1.29, 1.82) is 0 Å². The summed E-state index contributed by atoms with van der Waals surface area (Å²) in [6.07, 6.45) is 0. The third-order valence-corrected chi connectivity index (χ3v) is 4.55. The molecule has 0 saturated carbocycles. The van der Waals surface area contributed by atoms with Gasteiger partial charge in [-0.3, -0.25) is 25.8 Å². The maximum Gasteiger partial charge on any atom is 0.271 e. The Morgan fingerprint density at radius 3 is 2.50 bits per heavy atom. The van der Waals surface area contributed by atoms with E-state index in [0.29, 0.717) is 33.3 Å². The minimum atomic E-state index is -0.475. The first-order valence-electron chi connectivity index (χ1n) is 8.36. The lowest BCUT2D eigenvalue weighted by Crippen LogP contribution is -2.48. The molecule has 28 heavy (non-hydrogen) atoms. The number of carbonyl (C=O) groups is 2. The molecule has 6 nitrogen and oxygen atoms in total. The zero-order chi connectivity index (χ0) is 20.7. The molecule has 9 heteroatoms. The van der Waals surface area contributed by atoms with E-state index in [4.69, 9.17) is 28.6 Å². The maximum absolute atomic E-state index is 12.3. The highest BCUT2D eigenvalue weighted by molar-refractivity contribution is 9.10. The SMILES string of the molecule is CC(C)COc1ccc(C(=O)NC(=S)NNC(=O)c2ccccc2Cl)cc1Br. The molecule has 0 spiro atoms. The lowest BCUT2D eigenvalue weighted by Gasteiger charge is -2.13. The van der Waals surface area contributed by atoms with Crippen molar-refractivity contribution in [3.8, 4) is 5.75 Å². The van der Waals surface area contributed by atoms with E-state index in [1.54, 1.807) is 42.5 Å². The lowest BCUT2D eigenvalue weighted by molar-refractivity contribution is 0.0934. The van der Waals surface area contributed by atoms with Gasteiger partial charge in [0.1, 0.15) is 5.75 Å². The van der Waals surface area contributed by atoms with Gasteiger partial charge in [0.2, 0.25) is 0 Å². The maximum atomic E-state index is 12.3. The van der Waals surface area contributed by atoms with E-state index in [1.165, 1.54) is 0 Å². The van der Waals surface area contributed by atoms with E-state index >= 15 is 0 Å². The summed E-state index contributed by atoms with van der Waals surface area (Å²) in [5, 5.41) is 2.74. The molecule has 0 saturated heterocycles. The first kappa shape index (κ1) is 22.1. The van der Waals surface area contributed by atoms with Crippen LogP contribution in [-0.4, -0.2) is 23.5 Å². The number of rotatable bonds is 5. The van der Waals surface area contributed by atoms with Gasteiger partial charge < -0.3 is 4.74 Å². The van der Waals surface area contributed by atoms with E-state index in [1.807, 2.05) is 13.8 Å². The summed E-state index contributed by atoms with van der Waals surface area (Å²) in [6.45, 7) is 4.67. The molecule has 0 fully saturated rings. The standard InChI is InChI=1S/C19H19BrClN3O3S/c1-11(2)10-27-16-8-7-12(9-14(16)20)17(25)22-19(28)24-23-18(26)13-5-3-4-6-15(13)21/h3-9,11H,10H2,1-2H3,(H,23,26)(H2,22,24,25,28). The van der Waals surface area contributed by atoms with Gasteiger partial charge in [-0.05, 0) is 64.4 Å². The van der Waals surface area contributed by atoms with Crippen molar-refractivity contribution in [1.82, 2.24) is 16.2 Å². The summed E-state index contributed by atoms with van der Waals surface area (Å²) in [4.78, 5) is 24.4. The highest BCUT2D eigenvalue weighted by Crippen LogP contribution is 2.26. The zero-order valence-corrected chi connectivity index (χ0v) is 18.4. The molecular weight excluding hydrogens is 466 g/mol. The fourth-order valence-corrected chi connectivity index (χ4v) is 2.91. The number of hydrogen-bond donors (Lipinski definition) is 3. The molecule has 148 valence electrons. The van der Waals surface area contributed by atoms with Gasteiger partial charge in [-0.15, -0.1) is 0 Å². The smallest absolute Gasteiger partial charge is 0.271 e. The largest absolute Gasteiger partial charge is 0.492 e. The third kappa shape index (κ3) is 6.47. The Morgan fingerprint density at radius 2 is 1.86 bits per heavy atom. The number of hydrazine groups is 1. The van der Waals surface area contributed by atoms with Crippen LogP contribution in [0.1, 0.15) is 34.6 Å². The van der Waals surface area contributed by atoms with Crippen molar-refractivity contribution in [3.63, 3.8) is 0 Å². The predicted octanol–water partition coefficient (Wildman–Crippen LogP) is 4.09. The van der Waals surface area contributed by atoms with Crippen molar-refractivity contribution < 1.29 is 14.3 Å². The van der Waals surface area contributed by atoms with Crippen molar-refractivity contribution in [2.45, 2.75) is 13.8 Å². The Morgan fingerprint density at radius 1 is 1.14 bits per heavy atom. The van der Waals surface area contributed by atoms with Gasteiger partial charge in [0.15, 0.2) is 5.11 Å². The second-order valence-electron chi connectivity index (χ2n) is 6.19. The molecule has 3 N–H and O–H groups in total. The van der Waals surface area contributed by atoms with Crippen LogP contribution in [0, 0.1) is 5.92 Å². The number of halogens is 2. The summed E-state index contributed by atoms with van der Waals surface area (Å²) in [7, 11) is 0. The summed E-state index contributed by atoms with van der Waals surface area (Å²) < 4.78 is 6.31. The van der Waals surface area contributed by atoms with Gasteiger partial charge in [-0.2, -0.15) is 0 Å². The molecule has 0 aromatic heterocycles. The Labute approximate surface area is 182 Å². The van der Waals surface area contributed by atoms with Crippen LogP contribution in [0.25, 0.3) is 0 Å². The van der Waals surface area contributed by atoms with Gasteiger partial charge >= 0.3 is 0 Å². The third-order valence-electron chi connectivity index (χ3n) is 3.40. The molecule has 2 aromatic carbocycles. The number of nitrogens with one attached hydrogen (secondary N) is 3. The van der Waals surface area contributed by atoms with E-state index < -0.39 is 11.8 Å². The molecule has 0 atom stereocenters. The van der Waals surface area contributed by atoms with E-state index in [9.17, 15) is 9.59 Å². The lowest BCUT2D eigenvalue weighted by atomic mass is 10.2. The van der Waals surface area contributed by atoms with Gasteiger partial charge in [0, 0.05) is 5.56 Å². The van der Waals surface area contributed by atoms with Crippen molar-refractivity contribution in [2.24, 2.45) is 5.92 Å². The quantitative estimate of drug-likeness (QED) is 0.440. The topological polar surface area (TPSA) is 79.5 Å². The molecule has 2 amide bonds. The van der Waals surface area contributed by atoms with E-state index in [0.717, 1.165) is 0 Å². The molecule has 0 radical (unpaired) electrons. The first-order valence-corrected chi connectivity index (χ1v) is 9.94. The molecule has 0 unspecified atom stereocenters. The van der Waals surface area contributed by atoms with Gasteiger partial charge in [0.25, 0.3) is 11.8 Å². The van der Waals surface area contributed by atoms with Crippen LogP contribution in [0.4, 0.5) is 0 Å². The fraction of sp³-hybridized carbons (Fsp3) is 0.211. The number of benzene rings is 2. The average molecular weight is 485 g/mol. The highest BCUT2D eigenvalue weighted by Gasteiger charge is 2.13. The Balaban J connectivity index is 1.90. The number of amides is 2. The normalized spacial score (nSPS) is 10.3. The summed E-state index contributed by atoms with van der Waals surface area (Å²) >= 11 is 14.4. The van der Waals surface area contributed by atoms with E-state index in [2.05, 4.69) is 32.1 Å². The molecule has 0 bridgehead atoms. The van der Waals surface area contributed by atoms with Crippen molar-refractivity contribution in [2.75, 3.05) is 6.61 Å². The number of hydrogen-bond acceptors (Lipinski definition) is 4. The second kappa shape index (κ2) is 10.4. The molecule has 0 heterocycles. The number of ether oxygens (including phenoxy) is 1. The Bertz CT molecular complexity index is 892. The second-order valence-corrected chi connectivity index (χ2v) is 7.86. The summed E-state index contributed by atoms with van der Waals surface area (Å²) in [5.41, 5.74) is 5.52. The number of thiocarbonyl (C=S) groups is 1. The zero-order valence-electron chi connectivity index (χ0n) is 15.2. The molecule has 0 aliphatic heterocycles. The van der Waals surface area contributed by atoms with Crippen LogP contribution < -0.4 is 20.9 Å².